The van der Waals surface area contributed by atoms with Crippen molar-refractivity contribution in [2.45, 2.75) is 6.54 Å². The lowest BCUT2D eigenvalue weighted by atomic mass is 10.0. The SMILES string of the molecule is Fc1ccc(Cn2nc([C]3[CH][CH][CH][CH]3)cc2-c2ccc(F)cc2)cc1. The molecule has 1 saturated carbocycles. The third-order valence-electron chi connectivity index (χ3n) is 4.12. The van der Waals surface area contributed by atoms with Crippen LogP contribution in [0.15, 0.2) is 54.6 Å². The van der Waals surface area contributed by atoms with Gasteiger partial charge in [-0.2, -0.15) is 5.10 Å². The van der Waals surface area contributed by atoms with Crippen molar-refractivity contribution in [3.63, 3.8) is 0 Å². The lowest BCUT2D eigenvalue weighted by Crippen LogP contribution is -2.05. The molecule has 0 aliphatic heterocycles. The van der Waals surface area contributed by atoms with Gasteiger partial charge in [0.2, 0.25) is 0 Å². The van der Waals surface area contributed by atoms with Gasteiger partial charge in [-0.15, -0.1) is 0 Å². The maximum absolute atomic E-state index is 13.3. The topological polar surface area (TPSA) is 17.8 Å². The zero-order chi connectivity index (χ0) is 17.2. The van der Waals surface area contributed by atoms with Crippen LogP contribution >= 0.6 is 0 Å². The summed E-state index contributed by atoms with van der Waals surface area (Å²) in [5.41, 5.74) is 3.57. The molecule has 2 aromatic carbocycles. The molecule has 5 radical (unpaired) electrons. The fraction of sp³-hybridized carbons (Fsp3) is 0.0476. The van der Waals surface area contributed by atoms with Crippen LogP contribution in [0.4, 0.5) is 8.78 Å². The van der Waals surface area contributed by atoms with Crippen LogP contribution in [0.2, 0.25) is 0 Å². The fourth-order valence-electron chi connectivity index (χ4n) is 2.84. The van der Waals surface area contributed by atoms with Crippen LogP contribution in [0.25, 0.3) is 11.3 Å². The van der Waals surface area contributed by atoms with Crippen molar-refractivity contribution in [3.8, 4) is 11.3 Å². The molecule has 0 spiro atoms. The molecule has 2 nitrogen and oxygen atoms in total. The van der Waals surface area contributed by atoms with Crippen LogP contribution in [0.3, 0.4) is 0 Å². The van der Waals surface area contributed by atoms with Crippen LogP contribution < -0.4 is 0 Å². The van der Waals surface area contributed by atoms with Gasteiger partial charge in [0.25, 0.3) is 0 Å². The summed E-state index contributed by atoms with van der Waals surface area (Å²) in [5, 5.41) is 4.70. The summed E-state index contributed by atoms with van der Waals surface area (Å²) in [6.07, 6.45) is 7.93. The van der Waals surface area contributed by atoms with Gasteiger partial charge in [0.15, 0.2) is 0 Å². The Morgan fingerprint density at radius 1 is 0.800 bits per heavy atom. The largest absolute Gasteiger partial charge is 0.260 e. The third-order valence-corrected chi connectivity index (χ3v) is 4.12. The number of rotatable bonds is 4. The Hall–Kier alpha value is -2.49. The van der Waals surface area contributed by atoms with Gasteiger partial charge in [-0.25, -0.2) is 8.78 Å². The van der Waals surface area contributed by atoms with E-state index in [4.69, 9.17) is 5.10 Å². The minimum Gasteiger partial charge on any atom is -0.260 e. The van der Waals surface area contributed by atoms with E-state index in [1.807, 2.05) is 36.4 Å². The average Bonchev–Trinajstić information content (AvgIpc) is 3.27. The van der Waals surface area contributed by atoms with E-state index in [1.54, 1.807) is 24.3 Å². The van der Waals surface area contributed by atoms with Gasteiger partial charge in [-0.05, 0) is 73.7 Å². The molecule has 0 amide bonds. The van der Waals surface area contributed by atoms with Crippen LogP contribution in [-0.2, 0) is 6.54 Å². The smallest absolute Gasteiger partial charge is 0.123 e. The van der Waals surface area contributed by atoms with Crippen LogP contribution in [0, 0.1) is 43.2 Å². The van der Waals surface area contributed by atoms with E-state index in [2.05, 4.69) is 0 Å². The molecular weight excluding hydrogens is 318 g/mol. The lowest BCUT2D eigenvalue weighted by molar-refractivity contribution is 0.624. The number of hydrogen-bond donors (Lipinski definition) is 0. The van der Waals surface area contributed by atoms with E-state index < -0.39 is 0 Å². The maximum Gasteiger partial charge on any atom is 0.123 e. The van der Waals surface area contributed by atoms with E-state index in [1.165, 1.54) is 24.3 Å². The van der Waals surface area contributed by atoms with Crippen molar-refractivity contribution in [1.82, 2.24) is 9.78 Å². The molecule has 0 atom stereocenters. The Bertz CT molecular complexity index is 845. The van der Waals surface area contributed by atoms with Crippen molar-refractivity contribution >= 4 is 0 Å². The van der Waals surface area contributed by atoms with Gasteiger partial charge in [0.1, 0.15) is 11.6 Å². The number of aromatic nitrogens is 2. The molecule has 123 valence electrons. The van der Waals surface area contributed by atoms with Gasteiger partial charge in [0.05, 0.1) is 17.9 Å². The summed E-state index contributed by atoms with van der Waals surface area (Å²) < 4.78 is 28.3. The lowest BCUT2D eigenvalue weighted by Gasteiger charge is -2.08. The molecule has 1 aromatic heterocycles. The summed E-state index contributed by atoms with van der Waals surface area (Å²) in [6.45, 7) is 0.508. The van der Waals surface area contributed by atoms with E-state index in [0.717, 1.165) is 28.4 Å². The molecule has 1 aliphatic carbocycles. The van der Waals surface area contributed by atoms with Crippen LogP contribution in [0.1, 0.15) is 11.3 Å². The van der Waals surface area contributed by atoms with Crippen LogP contribution in [0.5, 0.6) is 0 Å². The summed E-state index contributed by atoms with van der Waals surface area (Å²) in [6, 6.07) is 14.7. The van der Waals surface area contributed by atoms with E-state index >= 15 is 0 Å². The predicted octanol–water partition coefficient (Wildman–Crippen LogP) is 4.63. The standard InChI is InChI=1S/C21H15F2N2/c22-18-9-5-15(6-10-18)14-25-21(17-7-11-19(23)12-8-17)13-20(24-25)16-3-1-2-4-16/h1-13H,14H2. The highest BCUT2D eigenvalue weighted by Crippen LogP contribution is 2.32. The first-order valence-electron chi connectivity index (χ1n) is 7.99. The number of benzene rings is 2. The fourth-order valence-corrected chi connectivity index (χ4v) is 2.84. The van der Waals surface area contributed by atoms with Crippen LogP contribution in [-0.4, -0.2) is 9.78 Å². The molecule has 1 heterocycles. The van der Waals surface area contributed by atoms with Crippen molar-refractivity contribution in [2.24, 2.45) is 0 Å². The summed E-state index contributed by atoms with van der Waals surface area (Å²) in [5.74, 6) is 0.492. The Kier molecular flexibility index (Phi) is 4.35. The van der Waals surface area contributed by atoms with Gasteiger partial charge in [-0.1, -0.05) is 12.1 Å². The van der Waals surface area contributed by atoms with Crippen molar-refractivity contribution < 1.29 is 8.78 Å². The van der Waals surface area contributed by atoms with E-state index in [9.17, 15) is 8.78 Å². The van der Waals surface area contributed by atoms with Crippen molar-refractivity contribution in [3.05, 3.63) is 109 Å². The second kappa shape index (κ2) is 6.79. The van der Waals surface area contributed by atoms with E-state index in [-0.39, 0.29) is 11.6 Å². The van der Waals surface area contributed by atoms with Gasteiger partial charge in [-0.3, -0.25) is 4.68 Å². The molecule has 0 N–H and O–H groups in total. The summed E-state index contributed by atoms with van der Waals surface area (Å²) in [4.78, 5) is 0. The molecule has 4 heteroatoms. The summed E-state index contributed by atoms with van der Waals surface area (Å²) in [7, 11) is 0. The third kappa shape index (κ3) is 3.48. The number of hydrogen-bond acceptors (Lipinski definition) is 1. The number of nitrogens with zero attached hydrogens (tertiary/aromatic N) is 2. The highest BCUT2D eigenvalue weighted by molar-refractivity contribution is 5.62. The summed E-state index contributed by atoms with van der Waals surface area (Å²) >= 11 is 0. The molecule has 3 aromatic rings. The molecule has 0 saturated heterocycles. The van der Waals surface area contributed by atoms with Gasteiger partial charge in [0, 0.05) is 11.5 Å². The second-order valence-corrected chi connectivity index (χ2v) is 5.88. The molecule has 4 rings (SSSR count). The average molecular weight is 333 g/mol. The molecular formula is C21H15F2N2. The predicted molar refractivity (Wildman–Crippen MR) is 92.7 cm³/mol. The van der Waals surface area contributed by atoms with E-state index in [0.29, 0.717) is 6.54 Å². The normalized spacial score (nSPS) is 15.0. The molecule has 0 bridgehead atoms. The van der Waals surface area contributed by atoms with Crippen molar-refractivity contribution in [1.29, 1.82) is 0 Å². The first-order valence-corrected chi connectivity index (χ1v) is 7.99. The second-order valence-electron chi connectivity index (χ2n) is 5.88. The van der Waals surface area contributed by atoms with Crippen molar-refractivity contribution in [2.75, 3.05) is 0 Å². The minimum absolute atomic E-state index is 0.263. The zero-order valence-corrected chi connectivity index (χ0v) is 13.4. The molecule has 0 unspecified atom stereocenters. The number of halogens is 2. The quantitative estimate of drug-likeness (QED) is 0.681. The molecule has 25 heavy (non-hydrogen) atoms. The molecule has 1 fully saturated rings. The van der Waals surface area contributed by atoms with Gasteiger partial charge >= 0.3 is 0 Å². The maximum atomic E-state index is 13.3. The minimum atomic E-state index is -0.274. The first kappa shape index (κ1) is 16.0. The highest BCUT2D eigenvalue weighted by Gasteiger charge is 2.23. The zero-order valence-electron chi connectivity index (χ0n) is 13.4. The first-order chi connectivity index (χ1) is 12.2. The van der Waals surface area contributed by atoms with Gasteiger partial charge < -0.3 is 0 Å². The molecule has 1 aliphatic rings. The Morgan fingerprint density at radius 2 is 1.40 bits per heavy atom. The Morgan fingerprint density at radius 3 is 2.04 bits per heavy atom. The Balaban J connectivity index is 1.71. The highest BCUT2D eigenvalue weighted by atomic mass is 19.1. The monoisotopic (exact) mass is 333 g/mol. The Labute approximate surface area is 146 Å².